The average molecular weight is 346 g/mol. The van der Waals surface area contributed by atoms with Crippen molar-refractivity contribution in [3.05, 3.63) is 29.3 Å². The molecule has 5 nitrogen and oxygen atoms in total. The summed E-state index contributed by atoms with van der Waals surface area (Å²) in [7, 11) is 0. The summed E-state index contributed by atoms with van der Waals surface area (Å²) < 4.78 is 11.4. The number of amides is 1. The molecule has 0 unspecified atom stereocenters. The van der Waals surface area contributed by atoms with Crippen LogP contribution in [0.15, 0.2) is 18.2 Å². The molecule has 3 atom stereocenters. The lowest BCUT2D eigenvalue weighted by atomic mass is 9.83. The van der Waals surface area contributed by atoms with Crippen LogP contribution in [0.25, 0.3) is 0 Å². The largest absolute Gasteiger partial charge is 0.493 e. The predicted molar refractivity (Wildman–Crippen MR) is 97.5 cm³/mol. The van der Waals surface area contributed by atoms with Gasteiger partial charge in [-0.2, -0.15) is 0 Å². The van der Waals surface area contributed by atoms with Gasteiger partial charge in [0.1, 0.15) is 5.75 Å². The number of aryl methyl sites for hydroxylation is 1. The van der Waals surface area contributed by atoms with E-state index in [1.54, 1.807) is 0 Å². The zero-order valence-corrected chi connectivity index (χ0v) is 15.1. The summed E-state index contributed by atoms with van der Waals surface area (Å²) in [6, 6.07) is 6.15. The minimum absolute atomic E-state index is 0.00237. The Morgan fingerprint density at radius 3 is 3.08 bits per heavy atom. The Labute approximate surface area is 150 Å². The Balaban J connectivity index is 1.48. The molecule has 1 aromatic rings. The van der Waals surface area contributed by atoms with Crippen LogP contribution >= 0.6 is 0 Å². The second-order valence-electron chi connectivity index (χ2n) is 7.19. The SMILES string of the molecule is CCCO[C@@H]1CC[C@H](C(=O)NCc2ccc3c(c2)CCCO3)C[C@H]1N. The topological polar surface area (TPSA) is 73.6 Å². The first kappa shape index (κ1) is 18.2. The van der Waals surface area contributed by atoms with Gasteiger partial charge in [0.25, 0.3) is 0 Å². The van der Waals surface area contributed by atoms with Gasteiger partial charge in [-0.3, -0.25) is 4.79 Å². The maximum atomic E-state index is 12.5. The maximum absolute atomic E-state index is 12.5. The third-order valence-corrected chi connectivity index (χ3v) is 5.18. The van der Waals surface area contributed by atoms with Crippen LogP contribution in [-0.4, -0.2) is 31.3 Å². The second kappa shape index (κ2) is 8.68. The fraction of sp³-hybridized carbons (Fsp3) is 0.650. The molecular formula is C20H30N2O3. The van der Waals surface area contributed by atoms with E-state index in [-0.39, 0.29) is 24.0 Å². The average Bonchev–Trinajstić information content (AvgIpc) is 2.65. The highest BCUT2D eigenvalue weighted by molar-refractivity contribution is 5.78. The molecule has 1 saturated carbocycles. The van der Waals surface area contributed by atoms with Crippen LogP contribution < -0.4 is 15.8 Å². The van der Waals surface area contributed by atoms with E-state index in [1.807, 2.05) is 12.1 Å². The van der Waals surface area contributed by atoms with E-state index in [0.717, 1.165) is 56.6 Å². The van der Waals surface area contributed by atoms with E-state index in [9.17, 15) is 4.79 Å². The van der Waals surface area contributed by atoms with Gasteiger partial charge >= 0.3 is 0 Å². The first-order chi connectivity index (χ1) is 12.2. The van der Waals surface area contributed by atoms with Crippen molar-refractivity contribution in [2.24, 2.45) is 11.7 Å². The highest BCUT2D eigenvalue weighted by Crippen LogP contribution is 2.27. The summed E-state index contributed by atoms with van der Waals surface area (Å²) in [6.45, 7) is 4.20. The lowest BCUT2D eigenvalue weighted by molar-refractivity contribution is -0.127. The molecule has 3 N–H and O–H groups in total. The highest BCUT2D eigenvalue weighted by Gasteiger charge is 2.32. The second-order valence-corrected chi connectivity index (χ2v) is 7.19. The Morgan fingerprint density at radius 1 is 1.40 bits per heavy atom. The summed E-state index contributed by atoms with van der Waals surface area (Å²) in [4.78, 5) is 12.5. The van der Waals surface area contributed by atoms with Crippen molar-refractivity contribution in [1.29, 1.82) is 0 Å². The molecule has 0 saturated heterocycles. The third kappa shape index (κ3) is 4.73. The molecule has 2 aliphatic rings. The van der Waals surface area contributed by atoms with Crippen molar-refractivity contribution in [1.82, 2.24) is 5.32 Å². The third-order valence-electron chi connectivity index (χ3n) is 5.18. The number of benzene rings is 1. The van der Waals surface area contributed by atoms with Gasteiger partial charge in [0.15, 0.2) is 0 Å². The van der Waals surface area contributed by atoms with Crippen LogP contribution in [0.1, 0.15) is 50.2 Å². The molecule has 1 heterocycles. The monoisotopic (exact) mass is 346 g/mol. The summed E-state index contributed by atoms with van der Waals surface area (Å²) in [5, 5.41) is 3.08. The van der Waals surface area contributed by atoms with Crippen LogP contribution in [-0.2, 0) is 22.5 Å². The Kier molecular flexibility index (Phi) is 6.32. The van der Waals surface area contributed by atoms with Crippen molar-refractivity contribution in [2.45, 2.75) is 64.1 Å². The van der Waals surface area contributed by atoms with Crippen LogP contribution in [0.3, 0.4) is 0 Å². The molecule has 0 aromatic heterocycles. The van der Waals surface area contributed by atoms with Gasteiger partial charge in [-0.25, -0.2) is 0 Å². The van der Waals surface area contributed by atoms with Gasteiger partial charge in [-0.1, -0.05) is 19.1 Å². The summed E-state index contributed by atoms with van der Waals surface area (Å²) in [5.41, 5.74) is 8.58. The molecule has 1 aromatic carbocycles. The minimum atomic E-state index is -0.0445. The number of hydrogen-bond acceptors (Lipinski definition) is 4. The van der Waals surface area contributed by atoms with Crippen LogP contribution in [0.4, 0.5) is 0 Å². The Morgan fingerprint density at radius 2 is 2.28 bits per heavy atom. The molecule has 1 aliphatic carbocycles. The van der Waals surface area contributed by atoms with E-state index < -0.39 is 0 Å². The van der Waals surface area contributed by atoms with Crippen LogP contribution in [0.2, 0.25) is 0 Å². The van der Waals surface area contributed by atoms with Gasteiger partial charge in [0, 0.05) is 25.1 Å². The number of carbonyl (C=O) groups excluding carboxylic acids is 1. The normalized spacial score (nSPS) is 25.8. The quantitative estimate of drug-likeness (QED) is 0.830. The fourth-order valence-electron chi connectivity index (χ4n) is 3.75. The van der Waals surface area contributed by atoms with Gasteiger partial charge < -0.3 is 20.5 Å². The lowest BCUT2D eigenvalue weighted by Crippen LogP contribution is -2.46. The van der Waals surface area contributed by atoms with Gasteiger partial charge in [0.05, 0.1) is 12.7 Å². The van der Waals surface area contributed by atoms with Gasteiger partial charge in [-0.05, 0) is 55.7 Å². The Hall–Kier alpha value is -1.59. The Bertz CT molecular complexity index is 590. The summed E-state index contributed by atoms with van der Waals surface area (Å²) >= 11 is 0. The number of fused-ring (bicyclic) bond motifs is 1. The van der Waals surface area contributed by atoms with Crippen molar-refractivity contribution >= 4 is 5.91 Å². The number of rotatable bonds is 6. The van der Waals surface area contributed by atoms with E-state index in [2.05, 4.69) is 18.3 Å². The van der Waals surface area contributed by atoms with Crippen molar-refractivity contribution < 1.29 is 14.3 Å². The zero-order chi connectivity index (χ0) is 17.6. The van der Waals surface area contributed by atoms with Crippen molar-refractivity contribution in [3.8, 4) is 5.75 Å². The standard InChI is InChI=1S/C20H30N2O3/c1-2-9-24-19-8-6-16(12-17(19)21)20(23)22-13-14-5-7-18-15(11-14)4-3-10-25-18/h5,7,11,16-17,19H,2-4,6,8-10,12-13,21H2,1H3,(H,22,23)/t16-,17+,19+/m0/s1. The molecule has 0 radical (unpaired) electrons. The zero-order valence-electron chi connectivity index (χ0n) is 15.1. The summed E-state index contributed by atoms with van der Waals surface area (Å²) in [5.74, 6) is 1.09. The van der Waals surface area contributed by atoms with Gasteiger partial charge in [-0.15, -0.1) is 0 Å². The van der Waals surface area contributed by atoms with E-state index in [0.29, 0.717) is 13.0 Å². The molecule has 1 fully saturated rings. The number of nitrogens with two attached hydrogens (primary N) is 1. The van der Waals surface area contributed by atoms with Crippen molar-refractivity contribution in [3.63, 3.8) is 0 Å². The van der Waals surface area contributed by atoms with Crippen molar-refractivity contribution in [2.75, 3.05) is 13.2 Å². The van der Waals surface area contributed by atoms with Gasteiger partial charge in [0.2, 0.25) is 5.91 Å². The smallest absolute Gasteiger partial charge is 0.223 e. The molecule has 3 rings (SSSR count). The molecule has 0 bridgehead atoms. The van der Waals surface area contributed by atoms with E-state index >= 15 is 0 Å². The number of carbonyl (C=O) groups is 1. The number of hydrogen-bond donors (Lipinski definition) is 2. The predicted octanol–water partition coefficient (Wildman–Crippen LogP) is 2.55. The number of nitrogens with one attached hydrogen (secondary N) is 1. The summed E-state index contributed by atoms with van der Waals surface area (Å²) in [6.07, 6.45) is 5.64. The fourth-order valence-corrected chi connectivity index (χ4v) is 3.75. The van der Waals surface area contributed by atoms with Crippen LogP contribution in [0.5, 0.6) is 5.75 Å². The molecule has 5 heteroatoms. The first-order valence-electron chi connectivity index (χ1n) is 9.57. The molecule has 1 amide bonds. The van der Waals surface area contributed by atoms with E-state index in [1.165, 1.54) is 5.56 Å². The first-order valence-corrected chi connectivity index (χ1v) is 9.57. The van der Waals surface area contributed by atoms with Crippen LogP contribution in [0, 0.1) is 5.92 Å². The molecule has 1 aliphatic heterocycles. The maximum Gasteiger partial charge on any atom is 0.223 e. The minimum Gasteiger partial charge on any atom is -0.493 e. The van der Waals surface area contributed by atoms with E-state index in [4.69, 9.17) is 15.2 Å². The molecular weight excluding hydrogens is 316 g/mol. The highest BCUT2D eigenvalue weighted by atomic mass is 16.5. The molecule has 25 heavy (non-hydrogen) atoms. The molecule has 0 spiro atoms. The lowest BCUT2D eigenvalue weighted by Gasteiger charge is -2.33. The number of ether oxygens (including phenoxy) is 2. The molecule has 138 valence electrons.